The summed E-state index contributed by atoms with van der Waals surface area (Å²) in [5.74, 6) is 3.32. The number of hydrogen-bond acceptors (Lipinski definition) is 10. The zero-order chi connectivity index (χ0) is 31.9. The molecule has 0 aliphatic carbocycles. The van der Waals surface area contributed by atoms with Crippen LogP contribution in [0, 0.1) is 0 Å². The molecule has 3 aromatic rings. The Balaban J connectivity index is 1.90. The number of ether oxygens (including phenoxy) is 7. The highest BCUT2D eigenvalue weighted by atomic mass is 16.5. The molecule has 0 radical (unpaired) electrons. The first-order valence-electron chi connectivity index (χ1n) is 13.9. The molecule has 0 unspecified atom stereocenters. The summed E-state index contributed by atoms with van der Waals surface area (Å²) in [6, 6.07) is 9.51. The lowest BCUT2D eigenvalue weighted by atomic mass is 10.1. The molecule has 4 N–H and O–H groups in total. The summed E-state index contributed by atoms with van der Waals surface area (Å²) in [4.78, 5) is 13.2. The zero-order valence-electron chi connectivity index (χ0n) is 26.1. The van der Waals surface area contributed by atoms with E-state index in [0.717, 1.165) is 30.4 Å². The third kappa shape index (κ3) is 9.45. The summed E-state index contributed by atoms with van der Waals surface area (Å²) in [6.45, 7) is 1.02. The molecule has 0 spiro atoms. The van der Waals surface area contributed by atoms with Gasteiger partial charge < -0.3 is 44.6 Å². The van der Waals surface area contributed by atoms with Crippen molar-refractivity contribution in [3.8, 4) is 40.5 Å². The second kappa shape index (κ2) is 17.1. The highest BCUT2D eigenvalue weighted by molar-refractivity contribution is 5.76. The molecule has 1 heterocycles. The molecule has 2 aromatic carbocycles. The largest absolute Gasteiger partial charge is 0.493 e. The van der Waals surface area contributed by atoms with Crippen molar-refractivity contribution in [3.05, 3.63) is 52.8 Å². The molecule has 0 atom stereocenters. The van der Waals surface area contributed by atoms with Gasteiger partial charge in [-0.3, -0.25) is 4.99 Å². The van der Waals surface area contributed by atoms with E-state index in [1.54, 1.807) is 42.7 Å². The molecular weight excluding hydrogens is 566 g/mol. The summed E-state index contributed by atoms with van der Waals surface area (Å²) in [5, 5.41) is 0. The van der Waals surface area contributed by atoms with Crippen molar-refractivity contribution in [2.45, 2.75) is 19.3 Å². The maximum Gasteiger partial charge on any atom is 0.317 e. The summed E-state index contributed by atoms with van der Waals surface area (Å²) >= 11 is 0. The standard InChI is InChI=1S/C32H41N5O7/c1-38-25-16-21(17-26(39-2)29(25)42-5)10-12-23-20-24(37-32(36-23)44-15-9-7-8-14-35-31(33)34)13-11-22-18-27(40-3)30(43-6)28(19-22)41-4/h10-13,16-20H,7-9,14-15H2,1-6H3,(H4,33,34,35). The van der Waals surface area contributed by atoms with Gasteiger partial charge in [0.1, 0.15) is 0 Å². The maximum atomic E-state index is 5.94. The molecule has 44 heavy (non-hydrogen) atoms. The van der Waals surface area contributed by atoms with Gasteiger partial charge in [-0.2, -0.15) is 9.97 Å². The number of hydrogen-bond donors (Lipinski definition) is 2. The zero-order valence-corrected chi connectivity index (χ0v) is 26.1. The first-order valence-corrected chi connectivity index (χ1v) is 13.9. The van der Waals surface area contributed by atoms with Crippen LogP contribution in [0.25, 0.3) is 24.3 Å². The first-order chi connectivity index (χ1) is 21.3. The van der Waals surface area contributed by atoms with Crippen LogP contribution < -0.4 is 44.6 Å². The Hall–Kier alpha value is -5.13. The Bertz CT molecular complexity index is 1330. The SMILES string of the molecule is COc1cc(C=Cc2cc(C=Cc3cc(OC)c(OC)c(OC)c3)nc(OCCCCCN=C(N)N)n2)cc(OC)c1OC. The van der Waals surface area contributed by atoms with Crippen molar-refractivity contribution in [3.63, 3.8) is 0 Å². The van der Waals surface area contributed by atoms with E-state index in [9.17, 15) is 0 Å². The van der Waals surface area contributed by atoms with E-state index in [1.165, 1.54) is 0 Å². The van der Waals surface area contributed by atoms with Gasteiger partial charge in [0.2, 0.25) is 11.5 Å². The summed E-state index contributed by atoms with van der Waals surface area (Å²) in [5.41, 5.74) is 13.7. The van der Waals surface area contributed by atoms with Crippen LogP contribution in [0.3, 0.4) is 0 Å². The van der Waals surface area contributed by atoms with Crippen LogP contribution in [0.5, 0.6) is 40.5 Å². The number of benzene rings is 2. The molecular formula is C32H41N5O7. The lowest BCUT2D eigenvalue weighted by Gasteiger charge is -2.13. The minimum atomic E-state index is 0.0955. The second-order valence-electron chi connectivity index (χ2n) is 9.30. The summed E-state index contributed by atoms with van der Waals surface area (Å²) in [6.07, 6.45) is 10.1. The van der Waals surface area contributed by atoms with Gasteiger partial charge in [-0.05, 0) is 72.9 Å². The lowest BCUT2D eigenvalue weighted by Crippen LogP contribution is -2.22. The fraction of sp³-hybridized carbons (Fsp3) is 0.344. The topological polar surface area (TPSA) is 155 Å². The Morgan fingerprint density at radius 1 is 0.614 bits per heavy atom. The average Bonchev–Trinajstić information content (AvgIpc) is 3.04. The quantitative estimate of drug-likeness (QED) is 0.125. The van der Waals surface area contributed by atoms with Gasteiger partial charge in [-0.25, -0.2) is 0 Å². The number of guanidine groups is 1. The first kappa shape index (κ1) is 33.4. The van der Waals surface area contributed by atoms with E-state index >= 15 is 0 Å². The van der Waals surface area contributed by atoms with Gasteiger partial charge in [0, 0.05) is 6.54 Å². The van der Waals surface area contributed by atoms with Gasteiger partial charge in [-0.15, -0.1) is 0 Å². The number of rotatable bonds is 17. The summed E-state index contributed by atoms with van der Waals surface area (Å²) < 4.78 is 38.7. The van der Waals surface area contributed by atoms with Gasteiger partial charge >= 0.3 is 6.01 Å². The molecule has 0 bridgehead atoms. The van der Waals surface area contributed by atoms with E-state index in [1.807, 2.05) is 54.6 Å². The highest BCUT2D eigenvalue weighted by Gasteiger charge is 2.13. The Labute approximate surface area is 258 Å². The molecule has 0 saturated carbocycles. The Morgan fingerprint density at radius 3 is 1.45 bits per heavy atom. The molecule has 236 valence electrons. The van der Waals surface area contributed by atoms with Crippen molar-refractivity contribution < 1.29 is 33.2 Å². The number of nitrogens with zero attached hydrogens (tertiary/aromatic N) is 3. The minimum Gasteiger partial charge on any atom is -0.493 e. The number of methoxy groups -OCH3 is 6. The molecule has 0 aliphatic heterocycles. The maximum absolute atomic E-state index is 5.94. The molecule has 12 nitrogen and oxygen atoms in total. The van der Waals surface area contributed by atoms with Crippen molar-refractivity contribution in [1.29, 1.82) is 0 Å². The lowest BCUT2D eigenvalue weighted by molar-refractivity contribution is 0.282. The van der Waals surface area contributed by atoms with Gasteiger partial charge in [0.15, 0.2) is 29.0 Å². The van der Waals surface area contributed by atoms with Crippen LogP contribution >= 0.6 is 0 Å². The predicted octanol–water partition coefficient (Wildman–Crippen LogP) is 4.69. The van der Waals surface area contributed by atoms with E-state index in [4.69, 9.17) is 44.6 Å². The predicted molar refractivity (Wildman–Crippen MR) is 172 cm³/mol. The van der Waals surface area contributed by atoms with E-state index < -0.39 is 0 Å². The van der Waals surface area contributed by atoms with Crippen LogP contribution in [0.2, 0.25) is 0 Å². The smallest absolute Gasteiger partial charge is 0.317 e. The van der Waals surface area contributed by atoms with Gasteiger partial charge in [0.05, 0.1) is 60.7 Å². The average molecular weight is 608 g/mol. The molecule has 0 fully saturated rings. The van der Waals surface area contributed by atoms with Crippen molar-refractivity contribution in [2.24, 2.45) is 16.5 Å². The molecule has 0 saturated heterocycles. The number of aliphatic imine (C=N–C) groups is 1. The third-order valence-electron chi connectivity index (χ3n) is 6.34. The number of aromatic nitrogens is 2. The monoisotopic (exact) mass is 607 g/mol. The third-order valence-corrected chi connectivity index (χ3v) is 6.34. The van der Waals surface area contributed by atoms with Gasteiger partial charge in [-0.1, -0.05) is 12.2 Å². The van der Waals surface area contributed by atoms with Crippen molar-refractivity contribution in [1.82, 2.24) is 9.97 Å². The Kier molecular flexibility index (Phi) is 13.0. The van der Waals surface area contributed by atoms with Crippen molar-refractivity contribution >= 4 is 30.3 Å². The number of unbranched alkanes of at least 4 members (excludes halogenated alkanes) is 2. The van der Waals surface area contributed by atoms with Crippen molar-refractivity contribution in [2.75, 3.05) is 55.8 Å². The van der Waals surface area contributed by atoms with E-state index in [-0.39, 0.29) is 12.0 Å². The van der Waals surface area contributed by atoms with E-state index in [0.29, 0.717) is 59.0 Å². The second-order valence-corrected chi connectivity index (χ2v) is 9.30. The molecule has 3 rings (SSSR count). The molecule has 1 aromatic heterocycles. The van der Waals surface area contributed by atoms with Crippen LogP contribution in [-0.4, -0.2) is 71.7 Å². The fourth-order valence-electron chi connectivity index (χ4n) is 4.22. The number of nitrogens with two attached hydrogens (primary N) is 2. The van der Waals surface area contributed by atoms with Crippen LogP contribution in [0.1, 0.15) is 41.8 Å². The van der Waals surface area contributed by atoms with Crippen LogP contribution in [0.4, 0.5) is 0 Å². The van der Waals surface area contributed by atoms with Gasteiger partial charge in [0.25, 0.3) is 0 Å². The van der Waals surface area contributed by atoms with Crippen LogP contribution in [-0.2, 0) is 0 Å². The summed E-state index contributed by atoms with van der Waals surface area (Å²) in [7, 11) is 9.43. The molecule has 12 heteroatoms. The van der Waals surface area contributed by atoms with Crippen LogP contribution in [0.15, 0.2) is 35.3 Å². The Morgan fingerprint density at radius 2 is 1.07 bits per heavy atom. The fourth-order valence-corrected chi connectivity index (χ4v) is 4.22. The van der Waals surface area contributed by atoms with E-state index in [2.05, 4.69) is 15.0 Å². The molecule has 0 amide bonds. The minimum absolute atomic E-state index is 0.0955. The highest BCUT2D eigenvalue weighted by Crippen LogP contribution is 2.39. The molecule has 0 aliphatic rings. The normalized spacial score (nSPS) is 11.0.